The van der Waals surface area contributed by atoms with E-state index in [9.17, 15) is 22.4 Å². The van der Waals surface area contributed by atoms with Crippen LogP contribution in [0.5, 0.6) is 5.75 Å². The maximum Gasteiger partial charge on any atom is 0.418 e. The molecule has 0 spiro atoms. The first-order chi connectivity index (χ1) is 10.9. The fraction of sp³-hybridized carbons (Fsp3) is 0.133. The van der Waals surface area contributed by atoms with Gasteiger partial charge in [-0.2, -0.15) is 13.2 Å². The van der Waals surface area contributed by atoms with Gasteiger partial charge in [-0.1, -0.05) is 18.2 Å². The number of rotatable bonds is 5. The van der Waals surface area contributed by atoms with Crippen LogP contribution in [0.4, 0.5) is 23.2 Å². The zero-order chi connectivity index (χ0) is 16.9. The number of alkyl halides is 3. The summed E-state index contributed by atoms with van der Waals surface area (Å²) in [7, 11) is 0. The van der Waals surface area contributed by atoms with E-state index in [0.717, 1.165) is 12.1 Å². The fourth-order valence-electron chi connectivity index (χ4n) is 1.72. The molecule has 0 atom stereocenters. The summed E-state index contributed by atoms with van der Waals surface area (Å²) in [5, 5.41) is 0. The van der Waals surface area contributed by atoms with Crippen molar-refractivity contribution in [1.29, 1.82) is 0 Å². The van der Waals surface area contributed by atoms with E-state index in [-0.39, 0.29) is 11.4 Å². The number of hydrogen-bond donors (Lipinski definition) is 2. The summed E-state index contributed by atoms with van der Waals surface area (Å²) in [5.74, 6) is -1.11. The molecule has 1 amide bonds. The van der Waals surface area contributed by atoms with Gasteiger partial charge >= 0.3 is 6.18 Å². The molecule has 0 saturated heterocycles. The zero-order valence-electron chi connectivity index (χ0n) is 11.7. The molecule has 2 aromatic rings. The average Bonchev–Trinajstić information content (AvgIpc) is 2.50. The van der Waals surface area contributed by atoms with E-state index < -0.39 is 30.1 Å². The molecular formula is C15H12F4N2O2. The zero-order valence-corrected chi connectivity index (χ0v) is 11.7. The first-order valence-electron chi connectivity index (χ1n) is 6.46. The van der Waals surface area contributed by atoms with Crippen LogP contribution in [0.3, 0.4) is 0 Å². The van der Waals surface area contributed by atoms with Crippen LogP contribution in [-0.4, -0.2) is 12.5 Å². The Bertz CT molecular complexity index is 689. The lowest BCUT2D eigenvalue weighted by atomic mass is 10.2. The van der Waals surface area contributed by atoms with Crippen LogP contribution in [0.2, 0.25) is 0 Å². The summed E-state index contributed by atoms with van der Waals surface area (Å²) in [5.41, 5.74) is 3.08. The minimum absolute atomic E-state index is 0.135. The van der Waals surface area contributed by atoms with Crippen molar-refractivity contribution in [3.8, 4) is 5.75 Å². The maximum absolute atomic E-state index is 12.9. The Morgan fingerprint density at radius 1 is 1.09 bits per heavy atom. The minimum atomic E-state index is -4.55. The fourth-order valence-corrected chi connectivity index (χ4v) is 1.72. The average molecular weight is 328 g/mol. The monoisotopic (exact) mass is 328 g/mol. The smallest absolute Gasteiger partial charge is 0.418 e. The van der Waals surface area contributed by atoms with Crippen molar-refractivity contribution in [2.45, 2.75) is 6.18 Å². The lowest BCUT2D eigenvalue weighted by Gasteiger charge is -2.15. The number of anilines is 1. The molecule has 8 heteroatoms. The van der Waals surface area contributed by atoms with Crippen LogP contribution in [0.25, 0.3) is 0 Å². The topological polar surface area (TPSA) is 50.4 Å². The molecule has 0 aromatic heterocycles. The number of halogens is 4. The summed E-state index contributed by atoms with van der Waals surface area (Å²) in [6.45, 7) is -0.482. The summed E-state index contributed by atoms with van der Waals surface area (Å²) in [6.07, 6.45) is -4.55. The lowest BCUT2D eigenvalue weighted by Crippen LogP contribution is -2.34. The highest BCUT2D eigenvalue weighted by atomic mass is 19.4. The van der Waals surface area contributed by atoms with E-state index >= 15 is 0 Å². The van der Waals surface area contributed by atoms with Gasteiger partial charge in [0, 0.05) is 6.07 Å². The number of hydrazine groups is 1. The highest BCUT2D eigenvalue weighted by Crippen LogP contribution is 2.34. The van der Waals surface area contributed by atoms with Crippen LogP contribution < -0.4 is 15.6 Å². The predicted octanol–water partition coefficient (Wildman–Crippen LogP) is 3.37. The van der Waals surface area contributed by atoms with Gasteiger partial charge < -0.3 is 4.74 Å². The third-order valence-electron chi connectivity index (χ3n) is 2.74. The highest BCUT2D eigenvalue weighted by Gasteiger charge is 2.33. The van der Waals surface area contributed by atoms with E-state index in [0.29, 0.717) is 0 Å². The number of para-hydroxylation sites is 1. The Morgan fingerprint density at radius 2 is 1.83 bits per heavy atom. The predicted molar refractivity (Wildman–Crippen MR) is 75.1 cm³/mol. The first-order valence-corrected chi connectivity index (χ1v) is 6.46. The van der Waals surface area contributed by atoms with Gasteiger partial charge in [0.1, 0.15) is 11.6 Å². The second-order valence-corrected chi connectivity index (χ2v) is 4.46. The van der Waals surface area contributed by atoms with Crippen LogP contribution in [0, 0.1) is 5.82 Å². The number of nitrogens with one attached hydrogen (secondary N) is 2. The van der Waals surface area contributed by atoms with Crippen molar-refractivity contribution in [3.05, 3.63) is 59.9 Å². The molecule has 2 N–H and O–H groups in total. The lowest BCUT2D eigenvalue weighted by molar-refractivity contribution is -0.137. The molecule has 0 fully saturated rings. The van der Waals surface area contributed by atoms with Crippen molar-refractivity contribution in [2.24, 2.45) is 0 Å². The molecule has 2 rings (SSSR count). The number of carbonyl (C=O) groups excluding carboxylic acids is 1. The second-order valence-electron chi connectivity index (χ2n) is 4.46. The number of ether oxygens (including phenoxy) is 1. The molecule has 0 aliphatic rings. The van der Waals surface area contributed by atoms with Gasteiger partial charge in [-0.15, -0.1) is 0 Å². The molecule has 0 unspecified atom stereocenters. The molecule has 4 nitrogen and oxygen atoms in total. The maximum atomic E-state index is 12.9. The van der Waals surface area contributed by atoms with E-state index in [2.05, 4.69) is 10.9 Å². The van der Waals surface area contributed by atoms with Crippen molar-refractivity contribution in [2.75, 3.05) is 12.0 Å². The number of carbonyl (C=O) groups is 1. The summed E-state index contributed by atoms with van der Waals surface area (Å²) in [4.78, 5) is 11.6. The van der Waals surface area contributed by atoms with Gasteiger partial charge in [-0.25, -0.2) is 4.39 Å². The van der Waals surface area contributed by atoms with Crippen molar-refractivity contribution >= 4 is 11.6 Å². The quantitative estimate of drug-likeness (QED) is 0.654. The van der Waals surface area contributed by atoms with Crippen molar-refractivity contribution < 1.29 is 27.1 Å². The van der Waals surface area contributed by atoms with Gasteiger partial charge in [0.15, 0.2) is 6.61 Å². The van der Waals surface area contributed by atoms with E-state index in [1.807, 2.05) is 0 Å². The van der Waals surface area contributed by atoms with Gasteiger partial charge in [0.2, 0.25) is 0 Å². The molecule has 0 saturated carbocycles. The number of amides is 1. The third-order valence-corrected chi connectivity index (χ3v) is 2.74. The number of hydrogen-bond acceptors (Lipinski definition) is 3. The Balaban J connectivity index is 1.90. The van der Waals surface area contributed by atoms with Crippen LogP contribution in [0.15, 0.2) is 48.5 Å². The SMILES string of the molecule is O=C(COc1cccc(F)c1)NNc1ccccc1C(F)(F)F. The van der Waals surface area contributed by atoms with E-state index in [1.165, 1.54) is 36.4 Å². The second kappa shape index (κ2) is 6.99. The molecule has 0 bridgehead atoms. The Morgan fingerprint density at radius 3 is 2.52 bits per heavy atom. The molecule has 0 aliphatic heterocycles. The Hall–Kier alpha value is -2.77. The van der Waals surface area contributed by atoms with Gasteiger partial charge in [-0.05, 0) is 24.3 Å². The first kappa shape index (κ1) is 16.6. The number of benzene rings is 2. The van der Waals surface area contributed by atoms with Gasteiger partial charge in [-0.3, -0.25) is 15.6 Å². The van der Waals surface area contributed by atoms with Gasteiger partial charge in [0.25, 0.3) is 5.91 Å². The standard InChI is InChI=1S/C15H12F4N2O2/c16-10-4-3-5-11(8-10)23-9-14(22)21-20-13-7-2-1-6-12(13)15(17,18)19/h1-8,20H,9H2,(H,21,22). The van der Waals surface area contributed by atoms with Crippen LogP contribution in [-0.2, 0) is 11.0 Å². The molecule has 23 heavy (non-hydrogen) atoms. The molecule has 0 heterocycles. The van der Waals surface area contributed by atoms with Gasteiger partial charge in [0.05, 0.1) is 11.3 Å². The summed E-state index contributed by atoms with van der Waals surface area (Å²) in [6, 6.07) is 9.84. The minimum Gasteiger partial charge on any atom is -0.484 e. The molecule has 0 aliphatic carbocycles. The van der Waals surface area contributed by atoms with E-state index in [4.69, 9.17) is 4.74 Å². The highest BCUT2D eigenvalue weighted by molar-refractivity contribution is 5.79. The van der Waals surface area contributed by atoms with Crippen molar-refractivity contribution in [1.82, 2.24) is 5.43 Å². The summed E-state index contributed by atoms with van der Waals surface area (Å²) >= 11 is 0. The Labute approximate surface area is 129 Å². The molecule has 2 aromatic carbocycles. The molecule has 122 valence electrons. The third kappa shape index (κ3) is 4.87. The largest absolute Gasteiger partial charge is 0.484 e. The Kier molecular flexibility index (Phi) is 5.05. The molecule has 0 radical (unpaired) electrons. The van der Waals surface area contributed by atoms with Crippen molar-refractivity contribution in [3.63, 3.8) is 0 Å². The summed E-state index contributed by atoms with van der Waals surface area (Å²) < 4.78 is 56.2. The molecular weight excluding hydrogens is 316 g/mol. The van der Waals surface area contributed by atoms with Crippen LogP contribution in [0.1, 0.15) is 5.56 Å². The normalized spacial score (nSPS) is 11.0. The van der Waals surface area contributed by atoms with E-state index in [1.54, 1.807) is 0 Å². The van der Waals surface area contributed by atoms with Crippen LogP contribution >= 0.6 is 0 Å².